The van der Waals surface area contributed by atoms with Gasteiger partial charge >= 0.3 is 23.5 Å². The van der Waals surface area contributed by atoms with Crippen molar-refractivity contribution in [2.45, 2.75) is 0 Å². The molecule has 0 radical (unpaired) electrons. The number of hydrogen-bond acceptors (Lipinski definition) is 6. The summed E-state index contributed by atoms with van der Waals surface area (Å²) in [5.41, 5.74) is 0.750. The van der Waals surface area contributed by atoms with E-state index in [9.17, 15) is 5.11 Å². The first kappa shape index (κ1) is 18.3. The van der Waals surface area contributed by atoms with E-state index in [1.807, 2.05) is 30.3 Å². The molecule has 2 aromatic rings. The summed E-state index contributed by atoms with van der Waals surface area (Å²) in [7, 11) is 0. The van der Waals surface area contributed by atoms with Gasteiger partial charge in [0.05, 0.1) is 13.2 Å². The second kappa shape index (κ2) is 10.9. The van der Waals surface area contributed by atoms with E-state index in [4.69, 9.17) is 12.5 Å². The molecule has 0 atom stereocenters. The van der Waals surface area contributed by atoms with Crippen LogP contribution < -0.4 is 5.32 Å². The Hall–Kier alpha value is -1.73. The van der Waals surface area contributed by atoms with Crippen molar-refractivity contribution in [3.63, 3.8) is 0 Å². The van der Waals surface area contributed by atoms with E-state index >= 15 is 0 Å². The number of phenols is 1. The van der Waals surface area contributed by atoms with Crippen LogP contribution in [0.2, 0.25) is 0 Å². The van der Waals surface area contributed by atoms with Crippen molar-refractivity contribution < 1.29 is 33.7 Å². The van der Waals surface area contributed by atoms with E-state index in [0.29, 0.717) is 19.6 Å². The van der Waals surface area contributed by atoms with Crippen LogP contribution in [-0.4, -0.2) is 42.7 Å². The number of aliphatic imine (C=N–C) groups is 1. The molecule has 0 amide bonds. The number of phenolic OH excluding ortho intramolecular Hbond substituents is 1. The van der Waals surface area contributed by atoms with Crippen LogP contribution in [0.1, 0.15) is 5.56 Å². The van der Waals surface area contributed by atoms with E-state index in [-0.39, 0.29) is 12.4 Å². The van der Waals surface area contributed by atoms with Crippen LogP contribution in [0.4, 0.5) is 0 Å². The van der Waals surface area contributed by atoms with Crippen LogP contribution in [0.3, 0.4) is 0 Å². The van der Waals surface area contributed by atoms with Crippen molar-refractivity contribution in [3.05, 3.63) is 42.0 Å². The molecule has 2 aromatic carbocycles. The Labute approximate surface area is 135 Å². The summed E-state index contributed by atoms with van der Waals surface area (Å²) in [5.74, 6) is 0.241. The van der Waals surface area contributed by atoms with Crippen molar-refractivity contribution >= 4 is 17.0 Å². The van der Waals surface area contributed by atoms with Crippen LogP contribution in [0.5, 0.6) is 5.75 Å². The molecule has 0 unspecified atom stereocenters. The van der Waals surface area contributed by atoms with Gasteiger partial charge in [0.25, 0.3) is 0 Å². The molecule has 117 valence electrons. The van der Waals surface area contributed by atoms with Crippen LogP contribution in [0.25, 0.3) is 10.8 Å². The predicted molar refractivity (Wildman–Crippen MR) is 79.4 cm³/mol. The Bertz CT molecular complexity index is 655. The van der Waals surface area contributed by atoms with E-state index in [0.717, 1.165) is 16.3 Å². The van der Waals surface area contributed by atoms with Gasteiger partial charge in [-0.15, -0.1) is 0 Å². The fourth-order valence-corrected chi connectivity index (χ4v) is 1.92. The zero-order valence-corrected chi connectivity index (χ0v) is 13.4. The summed E-state index contributed by atoms with van der Waals surface area (Å²) >= 11 is -1.81. The third kappa shape index (κ3) is 5.95. The summed E-state index contributed by atoms with van der Waals surface area (Å²) < 4.78 is 16.9. The molecular formula is C15H18N2O4V. The Morgan fingerprint density at radius 3 is 2.59 bits per heavy atom. The van der Waals surface area contributed by atoms with Crippen molar-refractivity contribution in [3.8, 4) is 5.75 Å². The number of rotatable bonds is 6. The summed E-state index contributed by atoms with van der Waals surface area (Å²) in [5, 5.41) is 23.7. The molecule has 0 fully saturated rings. The van der Waals surface area contributed by atoms with Gasteiger partial charge in [0.1, 0.15) is 5.75 Å². The molecule has 0 spiro atoms. The molecular weight excluding hydrogens is 323 g/mol. The molecule has 0 aliphatic rings. The van der Waals surface area contributed by atoms with Gasteiger partial charge in [0, 0.05) is 24.9 Å². The van der Waals surface area contributed by atoms with Crippen LogP contribution in [0, 0.1) is 0 Å². The maximum absolute atomic E-state index is 9.91. The minimum absolute atomic E-state index is 0.133. The number of benzene rings is 2. The minimum atomic E-state index is -1.81. The van der Waals surface area contributed by atoms with E-state index < -0.39 is 16.2 Å². The van der Waals surface area contributed by atoms with Gasteiger partial charge in [-0.1, -0.05) is 30.3 Å². The molecule has 0 saturated carbocycles. The fourth-order valence-electron chi connectivity index (χ4n) is 1.92. The second-order valence-corrected chi connectivity index (χ2v) is 4.54. The topological polar surface area (TPSA) is 99.0 Å². The number of aliphatic hydroxyl groups is 1. The Morgan fingerprint density at radius 1 is 1.14 bits per heavy atom. The number of nitrogens with one attached hydrogen (secondary N) is 1. The number of aliphatic hydroxyl groups excluding tert-OH is 1. The number of fused-ring (bicyclic) bond motifs is 1. The Morgan fingerprint density at radius 2 is 1.86 bits per heavy atom. The standard InChI is InChI=1S/C15H18N2O2.2O.V/c18-10-9-16-7-8-17-11-14-13-4-2-1-3-12(13)5-6-15(14)19;;;/h1-6,11,16,18-19H,7-10H2;;;. The molecule has 3 N–H and O–H groups in total. The van der Waals surface area contributed by atoms with E-state index in [1.165, 1.54) is 0 Å². The third-order valence-electron chi connectivity index (χ3n) is 2.87. The Kier molecular flexibility index (Phi) is 9.10. The van der Waals surface area contributed by atoms with Gasteiger partial charge in [-0.2, -0.15) is 0 Å². The van der Waals surface area contributed by atoms with E-state index in [2.05, 4.69) is 10.3 Å². The monoisotopic (exact) mass is 341 g/mol. The van der Waals surface area contributed by atoms with Gasteiger partial charge in [0.2, 0.25) is 0 Å². The number of hydrogen-bond donors (Lipinski definition) is 3. The molecule has 22 heavy (non-hydrogen) atoms. The summed E-state index contributed by atoms with van der Waals surface area (Å²) in [6, 6.07) is 11.5. The summed E-state index contributed by atoms with van der Waals surface area (Å²) in [6.45, 7) is 2.04. The molecule has 6 nitrogen and oxygen atoms in total. The van der Waals surface area contributed by atoms with Gasteiger partial charge in [-0.05, 0) is 16.8 Å². The molecule has 7 heteroatoms. The normalized spacial score (nSPS) is 10.2. The van der Waals surface area contributed by atoms with Crippen molar-refractivity contribution in [2.75, 3.05) is 26.2 Å². The SMILES string of the molecule is OCCNCCN=Cc1c(O)ccc2ccccc12.[O]=[V]=[O]. The molecule has 0 aromatic heterocycles. The second-order valence-electron chi connectivity index (χ2n) is 4.30. The first-order valence-corrected chi connectivity index (χ1v) is 7.85. The predicted octanol–water partition coefficient (Wildman–Crippen LogP) is 1.31. The molecule has 0 aliphatic heterocycles. The van der Waals surface area contributed by atoms with Crippen LogP contribution >= 0.6 is 0 Å². The number of nitrogens with zero attached hydrogens (tertiary/aromatic N) is 1. The zero-order valence-electron chi connectivity index (χ0n) is 12.0. The summed E-state index contributed by atoms with van der Waals surface area (Å²) in [6.07, 6.45) is 1.71. The molecule has 0 bridgehead atoms. The maximum atomic E-state index is 9.91. The van der Waals surface area contributed by atoms with Crippen LogP contribution in [-0.2, 0) is 23.5 Å². The first-order chi connectivity index (χ1) is 10.7. The number of aromatic hydroxyl groups is 1. The first-order valence-electron chi connectivity index (χ1n) is 6.71. The van der Waals surface area contributed by atoms with Gasteiger partial charge < -0.3 is 15.5 Å². The van der Waals surface area contributed by atoms with Gasteiger partial charge in [-0.25, -0.2) is 0 Å². The summed E-state index contributed by atoms with van der Waals surface area (Å²) in [4.78, 5) is 4.30. The van der Waals surface area contributed by atoms with Gasteiger partial charge in [-0.3, -0.25) is 4.99 Å². The molecule has 0 heterocycles. The average Bonchev–Trinajstić information content (AvgIpc) is 2.53. The van der Waals surface area contributed by atoms with Crippen molar-refractivity contribution in [1.29, 1.82) is 0 Å². The fraction of sp³-hybridized carbons (Fsp3) is 0.267. The van der Waals surface area contributed by atoms with Gasteiger partial charge in [0.15, 0.2) is 0 Å². The van der Waals surface area contributed by atoms with Crippen molar-refractivity contribution in [2.24, 2.45) is 4.99 Å². The van der Waals surface area contributed by atoms with Crippen molar-refractivity contribution in [1.82, 2.24) is 5.32 Å². The molecule has 0 saturated heterocycles. The zero-order chi connectivity index (χ0) is 16.2. The Balaban J connectivity index is 0.000000745. The third-order valence-corrected chi connectivity index (χ3v) is 2.87. The quantitative estimate of drug-likeness (QED) is 0.543. The average molecular weight is 341 g/mol. The van der Waals surface area contributed by atoms with E-state index in [1.54, 1.807) is 12.3 Å². The molecule has 2 rings (SSSR count). The van der Waals surface area contributed by atoms with Crippen LogP contribution in [0.15, 0.2) is 41.4 Å². The molecule has 0 aliphatic carbocycles.